The molecule has 0 fully saturated rings. The van der Waals surface area contributed by atoms with Crippen molar-refractivity contribution in [3.8, 4) is 11.1 Å². The van der Waals surface area contributed by atoms with Crippen LogP contribution in [-0.2, 0) is 18.7 Å². The lowest BCUT2D eigenvalue weighted by Crippen LogP contribution is -2.24. The first-order valence-electron chi connectivity index (χ1n) is 9.59. The van der Waals surface area contributed by atoms with Crippen molar-refractivity contribution < 1.29 is 14.3 Å². The molecule has 0 bridgehead atoms. The van der Waals surface area contributed by atoms with Gasteiger partial charge in [0, 0.05) is 30.4 Å². The van der Waals surface area contributed by atoms with Gasteiger partial charge in [0.25, 0.3) is 5.91 Å². The van der Waals surface area contributed by atoms with Gasteiger partial charge in [-0.25, -0.2) is 4.39 Å². The third-order valence-corrected chi connectivity index (χ3v) is 5.43. The molecule has 1 amide bonds. The van der Waals surface area contributed by atoms with Crippen molar-refractivity contribution in [3.05, 3.63) is 88.5 Å². The van der Waals surface area contributed by atoms with E-state index in [-0.39, 0.29) is 18.3 Å². The normalized spacial score (nSPS) is 13.7. The topological polar surface area (TPSA) is 53.4 Å². The molecular weight excluding hydrogens is 367 g/mol. The molecule has 3 aromatic rings. The zero-order valence-corrected chi connectivity index (χ0v) is 16.7. The fraction of sp³-hybridized carbons (Fsp3) is 0.250. The highest BCUT2D eigenvalue weighted by atomic mass is 19.1. The van der Waals surface area contributed by atoms with E-state index >= 15 is 0 Å². The van der Waals surface area contributed by atoms with Gasteiger partial charge in [-0.15, -0.1) is 0 Å². The van der Waals surface area contributed by atoms with Crippen molar-refractivity contribution in [3.63, 3.8) is 0 Å². The fourth-order valence-electron chi connectivity index (χ4n) is 3.72. The van der Waals surface area contributed by atoms with Gasteiger partial charge in [0.2, 0.25) is 0 Å². The Hall–Kier alpha value is -3.05. The number of aliphatic hydroxyl groups is 1. The molecule has 29 heavy (non-hydrogen) atoms. The molecular formula is C24H23FN2O2. The number of halogens is 1. The zero-order valence-electron chi connectivity index (χ0n) is 16.7. The fourth-order valence-corrected chi connectivity index (χ4v) is 3.72. The summed E-state index contributed by atoms with van der Waals surface area (Å²) in [5.41, 5.74) is 4.16. The first-order valence-corrected chi connectivity index (χ1v) is 9.59. The Kier molecular flexibility index (Phi) is 4.71. The van der Waals surface area contributed by atoms with Crippen molar-refractivity contribution in [1.82, 2.24) is 9.88 Å². The number of benzene rings is 2. The Morgan fingerprint density at radius 2 is 1.86 bits per heavy atom. The van der Waals surface area contributed by atoms with E-state index in [0.717, 1.165) is 27.8 Å². The third-order valence-electron chi connectivity index (χ3n) is 5.43. The number of aryl methyl sites for hydroxylation is 1. The molecule has 0 saturated heterocycles. The molecule has 0 atom stereocenters. The summed E-state index contributed by atoms with van der Waals surface area (Å²) >= 11 is 0. The number of aromatic nitrogens is 1. The molecule has 0 aliphatic carbocycles. The van der Waals surface area contributed by atoms with Gasteiger partial charge in [-0.2, -0.15) is 0 Å². The van der Waals surface area contributed by atoms with Gasteiger partial charge in [-0.05, 0) is 55.2 Å². The monoisotopic (exact) mass is 390 g/mol. The number of pyridine rings is 1. The highest BCUT2D eigenvalue weighted by molar-refractivity contribution is 5.96. The summed E-state index contributed by atoms with van der Waals surface area (Å²) < 4.78 is 15.0. The number of hydrogen-bond donors (Lipinski definition) is 1. The van der Waals surface area contributed by atoms with E-state index in [4.69, 9.17) is 0 Å². The Morgan fingerprint density at radius 3 is 2.48 bits per heavy atom. The van der Waals surface area contributed by atoms with Crippen molar-refractivity contribution in [2.24, 2.45) is 0 Å². The minimum Gasteiger partial charge on any atom is -0.386 e. The van der Waals surface area contributed by atoms with Gasteiger partial charge in [-0.3, -0.25) is 9.78 Å². The molecule has 148 valence electrons. The number of rotatable bonds is 4. The number of carbonyl (C=O) groups excluding carboxylic acids is 1. The number of amides is 1. The number of carbonyl (C=O) groups is 1. The smallest absolute Gasteiger partial charge is 0.273 e. The van der Waals surface area contributed by atoms with Crippen molar-refractivity contribution in [2.45, 2.75) is 39.5 Å². The van der Waals surface area contributed by atoms with Crippen LogP contribution in [0.15, 0.2) is 54.7 Å². The lowest BCUT2D eigenvalue weighted by atomic mass is 9.94. The number of hydrogen-bond acceptors (Lipinski definition) is 3. The second kappa shape index (κ2) is 7.08. The standard InChI is InChI=1S/C24H23FN2O2/c1-15-11-18(16-6-8-19(9-7-16)24(2,3)29)12-21(25)20(15)14-27-13-17-5-4-10-26-22(17)23(27)28/h4-12,29H,13-14H2,1-3H3. The van der Waals surface area contributed by atoms with E-state index in [1.54, 1.807) is 31.0 Å². The molecule has 4 nitrogen and oxygen atoms in total. The van der Waals surface area contributed by atoms with Crippen LogP contribution in [0.3, 0.4) is 0 Å². The predicted octanol–water partition coefficient (Wildman–Crippen LogP) is 4.58. The molecule has 2 aromatic carbocycles. The molecule has 1 N–H and O–H groups in total. The summed E-state index contributed by atoms with van der Waals surface area (Å²) in [5, 5.41) is 10.1. The Balaban J connectivity index is 1.59. The van der Waals surface area contributed by atoms with Crippen LogP contribution < -0.4 is 0 Å². The van der Waals surface area contributed by atoms with Crippen LogP contribution >= 0.6 is 0 Å². The van der Waals surface area contributed by atoms with E-state index in [1.165, 1.54) is 6.07 Å². The van der Waals surface area contributed by atoms with Gasteiger partial charge >= 0.3 is 0 Å². The average molecular weight is 390 g/mol. The Labute approximate surface area is 169 Å². The van der Waals surface area contributed by atoms with E-state index in [9.17, 15) is 14.3 Å². The van der Waals surface area contributed by atoms with Crippen LogP contribution in [0.1, 0.15) is 46.6 Å². The molecule has 5 heteroatoms. The molecule has 0 unspecified atom stereocenters. The van der Waals surface area contributed by atoms with Crippen LogP contribution in [0.2, 0.25) is 0 Å². The molecule has 0 saturated carbocycles. The summed E-state index contributed by atoms with van der Waals surface area (Å²) in [6.45, 7) is 5.98. The van der Waals surface area contributed by atoms with Crippen LogP contribution in [0.5, 0.6) is 0 Å². The van der Waals surface area contributed by atoms with Gasteiger partial charge in [0.05, 0.1) is 5.60 Å². The summed E-state index contributed by atoms with van der Waals surface area (Å²) in [4.78, 5) is 18.3. The van der Waals surface area contributed by atoms with Gasteiger partial charge < -0.3 is 10.0 Å². The van der Waals surface area contributed by atoms with E-state index in [1.807, 2.05) is 43.3 Å². The summed E-state index contributed by atoms with van der Waals surface area (Å²) in [6.07, 6.45) is 1.60. The molecule has 0 radical (unpaired) electrons. The second-order valence-electron chi connectivity index (χ2n) is 8.06. The van der Waals surface area contributed by atoms with Gasteiger partial charge in [-0.1, -0.05) is 36.4 Å². The lowest BCUT2D eigenvalue weighted by Gasteiger charge is -2.19. The maximum absolute atomic E-state index is 15.0. The first kappa shape index (κ1) is 19.3. The van der Waals surface area contributed by atoms with Gasteiger partial charge in [0.15, 0.2) is 0 Å². The Morgan fingerprint density at radius 1 is 1.14 bits per heavy atom. The van der Waals surface area contributed by atoms with E-state index < -0.39 is 5.60 Å². The minimum absolute atomic E-state index is 0.161. The predicted molar refractivity (Wildman–Crippen MR) is 110 cm³/mol. The largest absolute Gasteiger partial charge is 0.386 e. The van der Waals surface area contributed by atoms with Crippen molar-refractivity contribution in [2.75, 3.05) is 0 Å². The molecule has 0 spiro atoms. The van der Waals surface area contributed by atoms with Gasteiger partial charge in [0.1, 0.15) is 11.5 Å². The van der Waals surface area contributed by atoms with Crippen LogP contribution in [0.25, 0.3) is 11.1 Å². The lowest BCUT2D eigenvalue weighted by molar-refractivity contribution is 0.0759. The highest BCUT2D eigenvalue weighted by Gasteiger charge is 2.29. The highest BCUT2D eigenvalue weighted by Crippen LogP contribution is 2.30. The van der Waals surface area contributed by atoms with Crippen LogP contribution in [0, 0.1) is 12.7 Å². The Bertz CT molecular complexity index is 1060. The average Bonchev–Trinajstić information content (AvgIpc) is 3.00. The second-order valence-corrected chi connectivity index (χ2v) is 8.06. The maximum atomic E-state index is 15.0. The zero-order chi connectivity index (χ0) is 20.8. The van der Waals surface area contributed by atoms with E-state index in [2.05, 4.69) is 4.98 Å². The quantitative estimate of drug-likeness (QED) is 0.709. The minimum atomic E-state index is -0.918. The molecule has 1 aromatic heterocycles. The summed E-state index contributed by atoms with van der Waals surface area (Å²) in [6, 6.07) is 14.6. The summed E-state index contributed by atoms with van der Waals surface area (Å²) in [7, 11) is 0. The third kappa shape index (κ3) is 3.66. The maximum Gasteiger partial charge on any atom is 0.273 e. The van der Waals surface area contributed by atoms with E-state index in [0.29, 0.717) is 17.8 Å². The van der Waals surface area contributed by atoms with Crippen molar-refractivity contribution >= 4 is 5.91 Å². The number of nitrogens with zero attached hydrogens (tertiary/aromatic N) is 2. The molecule has 2 heterocycles. The summed E-state index contributed by atoms with van der Waals surface area (Å²) in [5.74, 6) is -0.492. The molecule has 4 rings (SSSR count). The SMILES string of the molecule is Cc1cc(-c2ccc(C(C)(C)O)cc2)cc(F)c1CN1Cc2cccnc2C1=O. The van der Waals surface area contributed by atoms with Crippen LogP contribution in [0.4, 0.5) is 4.39 Å². The first-order chi connectivity index (χ1) is 13.7. The molecule has 1 aliphatic heterocycles. The molecule has 1 aliphatic rings. The number of fused-ring (bicyclic) bond motifs is 1. The van der Waals surface area contributed by atoms with Crippen molar-refractivity contribution in [1.29, 1.82) is 0 Å². The van der Waals surface area contributed by atoms with Crippen LogP contribution in [-0.4, -0.2) is 20.9 Å².